The van der Waals surface area contributed by atoms with E-state index in [1.165, 1.54) is 30.4 Å². The number of nitrogens with one attached hydrogen (secondary N) is 1. The van der Waals surface area contributed by atoms with Gasteiger partial charge in [0.15, 0.2) is 0 Å². The molecule has 21 heavy (non-hydrogen) atoms. The van der Waals surface area contributed by atoms with Crippen molar-refractivity contribution in [1.82, 2.24) is 9.78 Å². The Morgan fingerprint density at radius 3 is 2.86 bits per heavy atom. The van der Waals surface area contributed by atoms with E-state index in [4.69, 9.17) is 0 Å². The summed E-state index contributed by atoms with van der Waals surface area (Å²) in [6.45, 7) is 7.29. The van der Waals surface area contributed by atoms with Gasteiger partial charge in [-0.25, -0.2) is 4.68 Å². The lowest BCUT2D eigenvalue weighted by Crippen LogP contribution is -2.24. The van der Waals surface area contributed by atoms with E-state index in [2.05, 4.69) is 39.8 Å². The number of hydrogen-bond acceptors (Lipinski definition) is 3. The third-order valence-electron chi connectivity index (χ3n) is 4.29. The Kier molecular flexibility index (Phi) is 6.03. The molecular formula is C16H24BrN3O. The number of halogens is 1. The van der Waals surface area contributed by atoms with Crippen LogP contribution in [0.25, 0.3) is 0 Å². The van der Waals surface area contributed by atoms with E-state index in [-0.39, 0.29) is 5.56 Å². The normalized spacial score (nSPS) is 22.0. The molecule has 116 valence electrons. The second-order valence-corrected chi connectivity index (χ2v) is 6.78. The van der Waals surface area contributed by atoms with Crippen molar-refractivity contribution in [3.8, 4) is 0 Å². The number of rotatable bonds is 6. The lowest BCUT2D eigenvalue weighted by atomic mass is 9.81. The van der Waals surface area contributed by atoms with Crippen LogP contribution >= 0.6 is 15.9 Å². The van der Waals surface area contributed by atoms with Gasteiger partial charge in [-0.15, -0.1) is 6.58 Å². The second-order valence-electron chi connectivity index (χ2n) is 5.99. The van der Waals surface area contributed by atoms with Gasteiger partial charge in [-0.2, -0.15) is 5.10 Å². The molecule has 2 rings (SSSR count). The molecule has 0 saturated heterocycles. The van der Waals surface area contributed by atoms with E-state index in [0.717, 1.165) is 30.5 Å². The van der Waals surface area contributed by atoms with Gasteiger partial charge < -0.3 is 5.32 Å². The Morgan fingerprint density at radius 1 is 1.48 bits per heavy atom. The van der Waals surface area contributed by atoms with Gasteiger partial charge in [-0.1, -0.05) is 38.7 Å². The van der Waals surface area contributed by atoms with Crippen LogP contribution in [0.1, 0.15) is 39.0 Å². The maximum Gasteiger partial charge on any atom is 0.283 e. The van der Waals surface area contributed by atoms with Crippen molar-refractivity contribution in [2.24, 2.45) is 11.8 Å². The minimum atomic E-state index is -0.119. The number of aromatic nitrogens is 2. The summed E-state index contributed by atoms with van der Waals surface area (Å²) in [6, 6.07) is 0. The van der Waals surface area contributed by atoms with Gasteiger partial charge in [-0.05, 0) is 34.2 Å². The third kappa shape index (κ3) is 4.43. The summed E-state index contributed by atoms with van der Waals surface area (Å²) < 4.78 is 1.95. The highest BCUT2D eigenvalue weighted by Gasteiger charge is 2.17. The van der Waals surface area contributed by atoms with Crippen LogP contribution in [0.4, 0.5) is 5.69 Å². The minimum Gasteiger partial charge on any atom is -0.383 e. The van der Waals surface area contributed by atoms with Crippen LogP contribution in [0.5, 0.6) is 0 Å². The quantitative estimate of drug-likeness (QED) is 0.790. The lowest BCUT2D eigenvalue weighted by Gasteiger charge is -2.26. The molecule has 0 atom stereocenters. The highest BCUT2D eigenvalue weighted by molar-refractivity contribution is 9.10. The van der Waals surface area contributed by atoms with Gasteiger partial charge in [0.05, 0.1) is 18.4 Å². The summed E-state index contributed by atoms with van der Waals surface area (Å²) >= 11 is 3.36. The second kappa shape index (κ2) is 7.78. The molecule has 1 aliphatic carbocycles. The van der Waals surface area contributed by atoms with Crippen LogP contribution in [-0.4, -0.2) is 16.3 Å². The van der Waals surface area contributed by atoms with E-state index >= 15 is 0 Å². The number of nitrogens with zero attached hydrogens (tertiary/aromatic N) is 2. The molecule has 0 bridgehead atoms. The fourth-order valence-electron chi connectivity index (χ4n) is 2.87. The van der Waals surface area contributed by atoms with Crippen LogP contribution in [-0.2, 0) is 6.54 Å². The van der Waals surface area contributed by atoms with Crippen LogP contribution in [0.2, 0.25) is 0 Å². The zero-order valence-corrected chi connectivity index (χ0v) is 14.2. The standard InChI is InChI=1S/C16H24BrN3O/c1-3-10-20-16(21)15(17)14(11-19-20)18-9-8-13-6-4-12(2)5-7-13/h3,11-13,18H,1,4-10H2,2H3. The molecular weight excluding hydrogens is 330 g/mol. The minimum absolute atomic E-state index is 0.119. The van der Waals surface area contributed by atoms with Gasteiger partial charge in [0.25, 0.3) is 5.56 Å². The Hall–Kier alpha value is -1.10. The number of anilines is 1. The number of hydrogen-bond donors (Lipinski definition) is 1. The van der Waals surface area contributed by atoms with Crippen LogP contribution in [0, 0.1) is 11.8 Å². The summed E-state index contributed by atoms with van der Waals surface area (Å²) in [5, 5.41) is 7.48. The third-order valence-corrected chi connectivity index (χ3v) is 5.06. The topological polar surface area (TPSA) is 46.9 Å². The Bertz CT molecular complexity index is 533. The molecule has 0 unspecified atom stereocenters. The summed E-state index contributed by atoms with van der Waals surface area (Å²) in [5.74, 6) is 1.71. The molecule has 1 aliphatic rings. The van der Waals surface area contributed by atoms with Crippen molar-refractivity contribution in [2.45, 2.75) is 45.6 Å². The smallest absolute Gasteiger partial charge is 0.283 e. The molecule has 0 aliphatic heterocycles. The van der Waals surface area contributed by atoms with Gasteiger partial charge >= 0.3 is 0 Å². The van der Waals surface area contributed by atoms with E-state index < -0.39 is 0 Å². The molecule has 0 aromatic carbocycles. The monoisotopic (exact) mass is 353 g/mol. The Labute approximate surface area is 134 Å². The van der Waals surface area contributed by atoms with E-state index in [9.17, 15) is 4.79 Å². The SMILES string of the molecule is C=CCn1ncc(NCCC2CCC(C)CC2)c(Br)c1=O. The molecule has 1 saturated carbocycles. The molecule has 1 aromatic rings. The predicted octanol–water partition coefficient (Wildman–Crippen LogP) is 3.82. The highest BCUT2D eigenvalue weighted by atomic mass is 79.9. The van der Waals surface area contributed by atoms with Gasteiger partial charge in [0.2, 0.25) is 0 Å². The van der Waals surface area contributed by atoms with Gasteiger partial charge in [0, 0.05) is 6.54 Å². The molecule has 1 N–H and O–H groups in total. The van der Waals surface area contributed by atoms with Crippen molar-refractivity contribution in [1.29, 1.82) is 0 Å². The largest absolute Gasteiger partial charge is 0.383 e. The Balaban J connectivity index is 1.87. The summed E-state index contributed by atoms with van der Waals surface area (Å²) in [6.07, 6.45) is 9.91. The van der Waals surface area contributed by atoms with E-state index in [1.807, 2.05) is 0 Å². The number of allylic oxidation sites excluding steroid dienone is 1. The molecule has 1 aromatic heterocycles. The first-order chi connectivity index (χ1) is 10.1. The van der Waals surface area contributed by atoms with Crippen molar-refractivity contribution >= 4 is 21.6 Å². The van der Waals surface area contributed by atoms with Gasteiger partial charge in [0.1, 0.15) is 4.47 Å². The maximum absolute atomic E-state index is 12.0. The van der Waals surface area contributed by atoms with Crippen molar-refractivity contribution in [3.05, 3.63) is 33.7 Å². The molecule has 0 spiro atoms. The van der Waals surface area contributed by atoms with Crippen LogP contribution < -0.4 is 10.9 Å². The Morgan fingerprint density at radius 2 is 2.19 bits per heavy atom. The van der Waals surface area contributed by atoms with Crippen molar-refractivity contribution in [3.63, 3.8) is 0 Å². The molecule has 0 radical (unpaired) electrons. The van der Waals surface area contributed by atoms with E-state index in [0.29, 0.717) is 11.0 Å². The first-order valence-electron chi connectivity index (χ1n) is 7.72. The van der Waals surface area contributed by atoms with Crippen LogP contribution in [0.15, 0.2) is 28.1 Å². The maximum atomic E-state index is 12.0. The lowest BCUT2D eigenvalue weighted by molar-refractivity contribution is 0.282. The molecule has 0 amide bonds. The van der Waals surface area contributed by atoms with Crippen LogP contribution in [0.3, 0.4) is 0 Å². The van der Waals surface area contributed by atoms with Crippen molar-refractivity contribution in [2.75, 3.05) is 11.9 Å². The average Bonchev–Trinajstić information content (AvgIpc) is 2.48. The average molecular weight is 354 g/mol. The predicted molar refractivity (Wildman–Crippen MR) is 90.6 cm³/mol. The fourth-order valence-corrected chi connectivity index (χ4v) is 3.32. The molecule has 1 fully saturated rings. The summed E-state index contributed by atoms with van der Waals surface area (Å²) in [5.41, 5.74) is 0.663. The fraction of sp³-hybridized carbons (Fsp3) is 0.625. The zero-order valence-electron chi connectivity index (χ0n) is 12.6. The highest BCUT2D eigenvalue weighted by Crippen LogP contribution is 2.30. The van der Waals surface area contributed by atoms with Gasteiger partial charge in [-0.3, -0.25) is 4.79 Å². The molecule has 1 heterocycles. The molecule has 5 heteroatoms. The summed E-state index contributed by atoms with van der Waals surface area (Å²) in [7, 11) is 0. The van der Waals surface area contributed by atoms with Crippen molar-refractivity contribution < 1.29 is 0 Å². The zero-order chi connectivity index (χ0) is 15.2. The molecule has 4 nitrogen and oxygen atoms in total. The summed E-state index contributed by atoms with van der Waals surface area (Å²) in [4.78, 5) is 12.0. The van der Waals surface area contributed by atoms with E-state index in [1.54, 1.807) is 12.3 Å². The first kappa shape index (κ1) is 16.3. The first-order valence-corrected chi connectivity index (χ1v) is 8.51.